The maximum absolute atomic E-state index is 12.3. The second-order valence-corrected chi connectivity index (χ2v) is 7.21. The van der Waals surface area contributed by atoms with Crippen LogP contribution in [0, 0.1) is 0 Å². The maximum Gasteiger partial charge on any atom is 0.229 e. The van der Waals surface area contributed by atoms with Crippen molar-refractivity contribution in [1.82, 2.24) is 0 Å². The molecule has 0 amide bonds. The summed E-state index contributed by atoms with van der Waals surface area (Å²) < 4.78 is 17.6. The van der Waals surface area contributed by atoms with Crippen LogP contribution in [0.5, 0.6) is 0 Å². The van der Waals surface area contributed by atoms with Crippen LogP contribution < -0.4 is 11.0 Å². The molecule has 4 heteroatoms. The van der Waals surface area contributed by atoms with E-state index in [4.69, 9.17) is 10.3 Å². The molecule has 0 aromatic heterocycles. The topological polar surface area (TPSA) is 52.3 Å². The van der Waals surface area contributed by atoms with Crippen LogP contribution in [0.2, 0.25) is 0 Å². The Morgan fingerprint density at radius 2 is 1.60 bits per heavy atom. The molecule has 3 nitrogen and oxygen atoms in total. The van der Waals surface area contributed by atoms with Gasteiger partial charge in [0.25, 0.3) is 0 Å². The average molecular weight is 289 g/mol. The van der Waals surface area contributed by atoms with Crippen molar-refractivity contribution in [3.05, 3.63) is 65.7 Å². The van der Waals surface area contributed by atoms with E-state index in [-0.39, 0.29) is 6.04 Å². The number of nitrogens with two attached hydrogens (primary N) is 1. The highest BCUT2D eigenvalue weighted by molar-refractivity contribution is 7.66. The van der Waals surface area contributed by atoms with Gasteiger partial charge in [-0.05, 0) is 30.2 Å². The third kappa shape index (κ3) is 3.37. The second-order valence-electron chi connectivity index (χ2n) is 4.74. The molecular weight excluding hydrogens is 269 g/mol. The van der Waals surface area contributed by atoms with Crippen molar-refractivity contribution in [2.45, 2.75) is 13.0 Å². The summed E-state index contributed by atoms with van der Waals surface area (Å²) >= 11 is 0. The van der Waals surface area contributed by atoms with E-state index in [1.165, 1.54) is 0 Å². The molecule has 2 atom stereocenters. The first-order chi connectivity index (χ1) is 9.54. The van der Waals surface area contributed by atoms with Crippen LogP contribution in [0.4, 0.5) is 0 Å². The van der Waals surface area contributed by atoms with Crippen molar-refractivity contribution in [1.29, 1.82) is 0 Å². The SMILES string of the molecule is CCOP(C)(=O)c1ccc([C@H](N)c2ccccc2)cc1. The third-order valence-electron chi connectivity index (χ3n) is 3.26. The predicted octanol–water partition coefficient (Wildman–Crippen LogP) is 3.30. The van der Waals surface area contributed by atoms with Gasteiger partial charge in [0.1, 0.15) is 0 Å². The Bertz CT molecular complexity index is 596. The van der Waals surface area contributed by atoms with E-state index in [2.05, 4.69) is 0 Å². The van der Waals surface area contributed by atoms with Gasteiger partial charge in [-0.25, -0.2) is 0 Å². The molecule has 0 saturated heterocycles. The largest absolute Gasteiger partial charge is 0.326 e. The van der Waals surface area contributed by atoms with Crippen molar-refractivity contribution in [2.24, 2.45) is 5.73 Å². The molecule has 0 heterocycles. The smallest absolute Gasteiger partial charge is 0.229 e. The van der Waals surface area contributed by atoms with Gasteiger partial charge in [0.2, 0.25) is 7.37 Å². The molecule has 2 rings (SSSR count). The highest BCUT2D eigenvalue weighted by Crippen LogP contribution is 2.41. The summed E-state index contributed by atoms with van der Waals surface area (Å²) in [4.78, 5) is 0. The number of rotatable bonds is 5. The minimum atomic E-state index is -2.71. The molecule has 0 aliphatic carbocycles. The van der Waals surface area contributed by atoms with Crippen LogP contribution >= 0.6 is 7.37 Å². The van der Waals surface area contributed by atoms with Crippen LogP contribution in [-0.4, -0.2) is 13.3 Å². The summed E-state index contributed by atoms with van der Waals surface area (Å²) in [5.41, 5.74) is 8.29. The van der Waals surface area contributed by atoms with E-state index in [0.717, 1.165) is 16.4 Å². The molecule has 0 spiro atoms. The quantitative estimate of drug-likeness (QED) is 0.859. The van der Waals surface area contributed by atoms with Crippen LogP contribution in [0.3, 0.4) is 0 Å². The van der Waals surface area contributed by atoms with Gasteiger partial charge in [0.15, 0.2) is 0 Å². The minimum Gasteiger partial charge on any atom is -0.326 e. The Balaban J connectivity index is 2.23. The summed E-state index contributed by atoms with van der Waals surface area (Å²) in [7, 11) is -2.71. The molecular formula is C16H20NO2P. The van der Waals surface area contributed by atoms with Crippen molar-refractivity contribution in [2.75, 3.05) is 13.3 Å². The van der Waals surface area contributed by atoms with Gasteiger partial charge in [-0.1, -0.05) is 42.5 Å². The first-order valence-corrected chi connectivity index (χ1v) is 8.75. The molecule has 106 valence electrons. The van der Waals surface area contributed by atoms with Crippen molar-refractivity contribution in [3.8, 4) is 0 Å². The maximum atomic E-state index is 12.3. The molecule has 20 heavy (non-hydrogen) atoms. The molecule has 0 fully saturated rings. The zero-order valence-electron chi connectivity index (χ0n) is 11.8. The Morgan fingerprint density at radius 1 is 1.05 bits per heavy atom. The lowest BCUT2D eigenvalue weighted by Crippen LogP contribution is -2.13. The third-order valence-corrected chi connectivity index (χ3v) is 5.24. The molecule has 2 aromatic carbocycles. The van der Waals surface area contributed by atoms with Crippen molar-refractivity contribution >= 4 is 12.7 Å². The van der Waals surface area contributed by atoms with Gasteiger partial charge in [0, 0.05) is 12.0 Å². The fourth-order valence-corrected chi connectivity index (χ4v) is 3.46. The van der Waals surface area contributed by atoms with Gasteiger partial charge in [-0.2, -0.15) is 0 Å². The van der Waals surface area contributed by atoms with Crippen LogP contribution in [0.25, 0.3) is 0 Å². The van der Waals surface area contributed by atoms with E-state index in [9.17, 15) is 4.57 Å². The standard InChI is InChI=1S/C16H20NO2P/c1-3-19-20(2,18)15-11-9-14(10-12-15)16(17)13-7-5-4-6-8-13/h4-12,16H,3,17H2,1-2H3/t16-,20?/m1/s1. The lowest BCUT2D eigenvalue weighted by Gasteiger charge is -2.16. The lowest BCUT2D eigenvalue weighted by molar-refractivity contribution is 0.345. The molecule has 2 aromatic rings. The van der Waals surface area contributed by atoms with Gasteiger partial charge in [-0.15, -0.1) is 0 Å². The molecule has 1 unspecified atom stereocenters. The number of hydrogen-bond acceptors (Lipinski definition) is 3. The zero-order valence-corrected chi connectivity index (χ0v) is 12.7. The normalized spacial score (nSPS) is 15.6. The monoisotopic (exact) mass is 289 g/mol. The Labute approximate surface area is 120 Å². The van der Waals surface area contributed by atoms with Crippen LogP contribution in [0.1, 0.15) is 24.1 Å². The van der Waals surface area contributed by atoms with Gasteiger partial charge < -0.3 is 10.3 Å². The molecule has 0 bridgehead atoms. The summed E-state index contributed by atoms with van der Waals surface area (Å²) in [6.45, 7) is 3.93. The summed E-state index contributed by atoms with van der Waals surface area (Å²) in [6.07, 6.45) is 0. The first kappa shape index (κ1) is 15.0. The van der Waals surface area contributed by atoms with E-state index in [1.54, 1.807) is 6.66 Å². The van der Waals surface area contributed by atoms with Crippen LogP contribution in [-0.2, 0) is 9.09 Å². The summed E-state index contributed by atoms with van der Waals surface area (Å²) in [5, 5.41) is 0.725. The second kappa shape index (κ2) is 6.36. The fourth-order valence-electron chi connectivity index (χ4n) is 2.13. The van der Waals surface area contributed by atoms with Crippen molar-refractivity contribution < 1.29 is 9.09 Å². The highest BCUT2D eigenvalue weighted by Gasteiger charge is 2.18. The van der Waals surface area contributed by atoms with Gasteiger partial charge in [0.05, 0.1) is 12.6 Å². The molecule has 0 saturated carbocycles. The zero-order chi connectivity index (χ0) is 14.6. The van der Waals surface area contributed by atoms with E-state index >= 15 is 0 Å². The average Bonchev–Trinajstić information content (AvgIpc) is 2.47. The Morgan fingerprint density at radius 3 is 2.15 bits per heavy atom. The molecule has 0 aliphatic rings. The van der Waals surface area contributed by atoms with E-state index in [0.29, 0.717) is 6.61 Å². The summed E-state index contributed by atoms with van der Waals surface area (Å²) in [5.74, 6) is 0. The summed E-state index contributed by atoms with van der Waals surface area (Å²) in [6, 6.07) is 17.3. The minimum absolute atomic E-state index is 0.173. The van der Waals surface area contributed by atoms with E-state index in [1.807, 2.05) is 61.5 Å². The Kier molecular flexibility index (Phi) is 4.77. The van der Waals surface area contributed by atoms with Gasteiger partial charge in [-0.3, -0.25) is 4.57 Å². The van der Waals surface area contributed by atoms with E-state index < -0.39 is 7.37 Å². The first-order valence-electron chi connectivity index (χ1n) is 6.67. The fraction of sp³-hybridized carbons (Fsp3) is 0.250. The highest BCUT2D eigenvalue weighted by atomic mass is 31.2. The van der Waals surface area contributed by atoms with Crippen LogP contribution in [0.15, 0.2) is 54.6 Å². The molecule has 0 aliphatic heterocycles. The Hall–Kier alpha value is -1.41. The number of benzene rings is 2. The van der Waals surface area contributed by atoms with Gasteiger partial charge >= 0.3 is 0 Å². The molecule has 2 N–H and O–H groups in total. The predicted molar refractivity (Wildman–Crippen MR) is 83.7 cm³/mol. The van der Waals surface area contributed by atoms with Crippen molar-refractivity contribution in [3.63, 3.8) is 0 Å². The molecule has 0 radical (unpaired) electrons. The lowest BCUT2D eigenvalue weighted by atomic mass is 10.00. The number of hydrogen-bond donors (Lipinski definition) is 1.